The molecule has 130 valence electrons. The van der Waals surface area contributed by atoms with Gasteiger partial charge >= 0.3 is 5.97 Å². The molecule has 0 radical (unpaired) electrons. The van der Waals surface area contributed by atoms with Crippen molar-refractivity contribution in [3.05, 3.63) is 48.0 Å². The van der Waals surface area contributed by atoms with Gasteiger partial charge in [-0.1, -0.05) is 42.5 Å². The molecule has 25 heavy (non-hydrogen) atoms. The summed E-state index contributed by atoms with van der Waals surface area (Å²) in [4.78, 5) is 36.5. The van der Waals surface area contributed by atoms with Crippen LogP contribution in [0.25, 0.3) is 10.8 Å². The van der Waals surface area contributed by atoms with E-state index in [-0.39, 0.29) is 24.2 Å². The molecule has 2 amide bonds. The summed E-state index contributed by atoms with van der Waals surface area (Å²) in [5.74, 6) is -1.78. The predicted molar refractivity (Wildman–Crippen MR) is 93.0 cm³/mol. The molecule has 6 heteroatoms. The highest BCUT2D eigenvalue weighted by Crippen LogP contribution is 2.18. The number of benzene rings is 2. The number of fused-ring (bicyclic) bond motifs is 1. The summed E-state index contributed by atoms with van der Waals surface area (Å²) >= 11 is 0. The van der Waals surface area contributed by atoms with E-state index >= 15 is 0 Å². The van der Waals surface area contributed by atoms with Gasteiger partial charge in [-0.3, -0.25) is 9.59 Å². The van der Waals surface area contributed by atoms with Gasteiger partial charge in [-0.2, -0.15) is 0 Å². The third-order valence-corrected chi connectivity index (χ3v) is 4.57. The van der Waals surface area contributed by atoms with E-state index in [0.717, 1.165) is 16.3 Å². The number of aliphatic carboxylic acids is 1. The standard InChI is InChI=1S/C19H20N2O4/c1-12(22)21-10-16(11-21)18(23)20-17(19(24)25)9-13-6-7-14-4-2-3-5-15(14)8-13/h2-8,16-17H,9-11H2,1H3,(H,20,23)(H,24,25)/t17-/m0/s1. The van der Waals surface area contributed by atoms with Gasteiger partial charge in [0.1, 0.15) is 6.04 Å². The second kappa shape index (κ2) is 6.93. The molecule has 2 aromatic rings. The minimum absolute atomic E-state index is 0.0741. The Hall–Kier alpha value is -2.89. The number of carboxylic acids is 1. The Morgan fingerprint density at radius 1 is 1.16 bits per heavy atom. The molecule has 0 aliphatic carbocycles. The Balaban J connectivity index is 1.65. The van der Waals surface area contributed by atoms with Crippen LogP contribution in [0.15, 0.2) is 42.5 Å². The van der Waals surface area contributed by atoms with Crippen LogP contribution in [0, 0.1) is 5.92 Å². The number of rotatable bonds is 5. The van der Waals surface area contributed by atoms with Gasteiger partial charge in [-0.25, -0.2) is 4.79 Å². The van der Waals surface area contributed by atoms with Crippen molar-refractivity contribution in [3.63, 3.8) is 0 Å². The van der Waals surface area contributed by atoms with Crippen LogP contribution in [0.2, 0.25) is 0 Å². The zero-order chi connectivity index (χ0) is 18.0. The lowest BCUT2D eigenvalue weighted by Crippen LogP contribution is -2.57. The van der Waals surface area contributed by atoms with Crippen LogP contribution in [0.5, 0.6) is 0 Å². The molecule has 2 N–H and O–H groups in total. The first-order chi connectivity index (χ1) is 11.9. The molecular formula is C19H20N2O4. The molecule has 0 bridgehead atoms. The summed E-state index contributed by atoms with van der Waals surface area (Å²) in [5, 5.41) is 14.1. The Labute approximate surface area is 145 Å². The largest absolute Gasteiger partial charge is 0.480 e. The fraction of sp³-hybridized carbons (Fsp3) is 0.316. The van der Waals surface area contributed by atoms with Gasteiger partial charge in [0.15, 0.2) is 0 Å². The van der Waals surface area contributed by atoms with Crippen molar-refractivity contribution in [2.24, 2.45) is 5.92 Å². The van der Waals surface area contributed by atoms with Crippen molar-refractivity contribution in [3.8, 4) is 0 Å². The number of hydrogen-bond acceptors (Lipinski definition) is 3. The molecule has 0 unspecified atom stereocenters. The fourth-order valence-electron chi connectivity index (χ4n) is 2.99. The Bertz CT molecular complexity index is 827. The second-order valence-corrected chi connectivity index (χ2v) is 6.41. The molecule has 2 aromatic carbocycles. The molecule has 1 heterocycles. The zero-order valence-corrected chi connectivity index (χ0v) is 13.9. The highest BCUT2D eigenvalue weighted by Gasteiger charge is 2.35. The van der Waals surface area contributed by atoms with Crippen molar-refractivity contribution in [1.29, 1.82) is 0 Å². The first kappa shape index (κ1) is 17.0. The van der Waals surface area contributed by atoms with Crippen LogP contribution in [0.4, 0.5) is 0 Å². The summed E-state index contributed by atoms with van der Waals surface area (Å²) in [6.45, 7) is 2.15. The zero-order valence-electron chi connectivity index (χ0n) is 13.9. The molecule has 0 aromatic heterocycles. The van der Waals surface area contributed by atoms with Gasteiger partial charge in [0, 0.05) is 26.4 Å². The molecule has 0 spiro atoms. The topological polar surface area (TPSA) is 86.7 Å². The summed E-state index contributed by atoms with van der Waals surface area (Å²) in [7, 11) is 0. The summed E-state index contributed by atoms with van der Waals surface area (Å²) in [6.07, 6.45) is 0.217. The number of nitrogens with zero attached hydrogens (tertiary/aromatic N) is 1. The normalized spacial score (nSPS) is 15.5. The Morgan fingerprint density at radius 2 is 1.84 bits per heavy atom. The van der Waals surface area contributed by atoms with Crippen LogP contribution in [0.3, 0.4) is 0 Å². The smallest absolute Gasteiger partial charge is 0.326 e. The summed E-state index contributed by atoms with van der Waals surface area (Å²) in [5.41, 5.74) is 0.852. The van der Waals surface area contributed by atoms with Gasteiger partial charge in [0.2, 0.25) is 11.8 Å². The van der Waals surface area contributed by atoms with E-state index in [4.69, 9.17) is 0 Å². The van der Waals surface area contributed by atoms with Crippen LogP contribution < -0.4 is 5.32 Å². The van der Waals surface area contributed by atoms with Crippen molar-refractivity contribution >= 4 is 28.6 Å². The number of amides is 2. The lowest BCUT2D eigenvalue weighted by Gasteiger charge is -2.37. The van der Waals surface area contributed by atoms with Gasteiger partial charge in [0.25, 0.3) is 0 Å². The third-order valence-electron chi connectivity index (χ3n) is 4.57. The molecule has 1 aliphatic heterocycles. The van der Waals surface area contributed by atoms with E-state index in [1.165, 1.54) is 6.92 Å². The monoisotopic (exact) mass is 340 g/mol. The highest BCUT2D eigenvalue weighted by molar-refractivity contribution is 5.88. The average molecular weight is 340 g/mol. The maximum atomic E-state index is 12.2. The minimum Gasteiger partial charge on any atom is -0.480 e. The highest BCUT2D eigenvalue weighted by atomic mass is 16.4. The Morgan fingerprint density at radius 3 is 2.48 bits per heavy atom. The summed E-state index contributed by atoms with van der Waals surface area (Å²) in [6, 6.07) is 12.6. The lowest BCUT2D eigenvalue weighted by molar-refractivity contribution is -0.146. The molecule has 1 atom stereocenters. The van der Waals surface area contributed by atoms with Gasteiger partial charge in [0.05, 0.1) is 5.92 Å². The van der Waals surface area contributed by atoms with Crippen LogP contribution >= 0.6 is 0 Å². The summed E-state index contributed by atoms with van der Waals surface area (Å²) < 4.78 is 0. The maximum absolute atomic E-state index is 12.2. The van der Waals surface area contributed by atoms with Gasteiger partial charge in [-0.05, 0) is 16.3 Å². The number of carbonyl (C=O) groups is 3. The van der Waals surface area contributed by atoms with Gasteiger partial charge in [-0.15, -0.1) is 0 Å². The molecule has 1 saturated heterocycles. The predicted octanol–water partition coefficient (Wildman–Crippen LogP) is 1.43. The van der Waals surface area contributed by atoms with Crippen molar-refractivity contribution in [2.45, 2.75) is 19.4 Å². The van der Waals surface area contributed by atoms with E-state index in [0.29, 0.717) is 13.1 Å². The maximum Gasteiger partial charge on any atom is 0.326 e. The lowest BCUT2D eigenvalue weighted by atomic mass is 9.97. The molecule has 0 saturated carbocycles. The second-order valence-electron chi connectivity index (χ2n) is 6.41. The van der Waals surface area contributed by atoms with Crippen LogP contribution in [-0.4, -0.2) is 46.9 Å². The molecule has 1 fully saturated rings. The number of carbonyl (C=O) groups excluding carboxylic acids is 2. The first-order valence-corrected chi connectivity index (χ1v) is 8.20. The van der Waals surface area contributed by atoms with E-state index in [2.05, 4.69) is 5.32 Å². The molecule has 6 nitrogen and oxygen atoms in total. The number of likely N-dealkylation sites (tertiary alicyclic amines) is 1. The Kier molecular flexibility index (Phi) is 4.70. The molecule has 3 rings (SSSR count). The SMILES string of the molecule is CC(=O)N1CC(C(=O)N[C@@H](Cc2ccc3ccccc3c2)C(=O)O)C1. The van der Waals surface area contributed by atoms with E-state index in [1.807, 2.05) is 42.5 Å². The van der Waals surface area contributed by atoms with Crippen molar-refractivity contribution in [2.75, 3.05) is 13.1 Å². The third kappa shape index (κ3) is 3.79. The van der Waals surface area contributed by atoms with Crippen molar-refractivity contribution in [1.82, 2.24) is 10.2 Å². The first-order valence-electron chi connectivity index (χ1n) is 8.20. The van der Waals surface area contributed by atoms with Gasteiger partial charge < -0.3 is 15.3 Å². The number of carboxylic acid groups (broad SMARTS) is 1. The van der Waals surface area contributed by atoms with E-state index in [9.17, 15) is 19.5 Å². The number of hydrogen-bond donors (Lipinski definition) is 2. The van der Waals surface area contributed by atoms with Crippen LogP contribution in [-0.2, 0) is 20.8 Å². The molecule has 1 aliphatic rings. The quantitative estimate of drug-likeness (QED) is 0.862. The van der Waals surface area contributed by atoms with E-state index < -0.39 is 12.0 Å². The van der Waals surface area contributed by atoms with Crippen LogP contribution in [0.1, 0.15) is 12.5 Å². The molecular weight excluding hydrogens is 320 g/mol. The van der Waals surface area contributed by atoms with Crippen molar-refractivity contribution < 1.29 is 19.5 Å². The number of nitrogens with one attached hydrogen (secondary N) is 1. The van der Waals surface area contributed by atoms with E-state index in [1.54, 1.807) is 4.90 Å². The average Bonchev–Trinajstić information content (AvgIpc) is 2.52. The fourth-order valence-corrected chi connectivity index (χ4v) is 2.99. The minimum atomic E-state index is -1.07.